The Balaban J connectivity index is 1.50. The smallest absolute Gasteiger partial charge is 0.389 e. The van der Waals surface area contributed by atoms with Gasteiger partial charge in [0.15, 0.2) is 17.4 Å². The third kappa shape index (κ3) is 5.85. The number of aromatic nitrogens is 3. The fourth-order valence-electron chi connectivity index (χ4n) is 4.13. The number of aryl methyl sites for hydroxylation is 1. The Morgan fingerprint density at radius 2 is 2.03 bits per heavy atom. The van der Waals surface area contributed by atoms with Crippen molar-refractivity contribution in [3.05, 3.63) is 35.9 Å². The molecule has 13 heteroatoms. The van der Waals surface area contributed by atoms with E-state index in [1.54, 1.807) is 6.07 Å². The molecule has 0 aromatic carbocycles. The summed E-state index contributed by atoms with van der Waals surface area (Å²) in [5.74, 6) is -0.344. The van der Waals surface area contributed by atoms with Gasteiger partial charge < -0.3 is 15.1 Å². The van der Waals surface area contributed by atoms with Crippen LogP contribution in [0.1, 0.15) is 41.9 Å². The lowest BCUT2D eigenvalue weighted by Gasteiger charge is -2.35. The first-order chi connectivity index (χ1) is 16.6. The van der Waals surface area contributed by atoms with Crippen LogP contribution in [0.15, 0.2) is 24.5 Å². The number of aliphatic hydroxyl groups excluding tert-OH is 2. The van der Waals surface area contributed by atoms with Gasteiger partial charge in [0.05, 0.1) is 48.9 Å². The predicted octanol–water partition coefficient (Wildman–Crippen LogP) is 2.31. The average molecular weight is 494 g/mol. The number of rotatable bonds is 8. The Kier molecular flexibility index (Phi) is 7.17. The van der Waals surface area contributed by atoms with Gasteiger partial charge in [0, 0.05) is 19.5 Å². The molecular formula is C22H25F3N6O4. The second-order valence-corrected chi connectivity index (χ2v) is 8.53. The number of nitrogens with zero attached hydrogens (tertiary/aromatic N) is 5. The first-order valence-corrected chi connectivity index (χ1v) is 11.2. The molecule has 1 saturated heterocycles. The molecular weight excluding hydrogens is 469 g/mol. The zero-order valence-electron chi connectivity index (χ0n) is 18.7. The number of Topliss-reactive ketones (excluding diaryl/α,β-unsaturated/α-hetero) is 1. The molecule has 2 amide bonds. The third-order valence-corrected chi connectivity index (χ3v) is 5.98. The molecule has 4 heterocycles. The van der Waals surface area contributed by atoms with Crippen molar-refractivity contribution in [1.29, 1.82) is 0 Å². The molecule has 2 atom stereocenters. The summed E-state index contributed by atoms with van der Waals surface area (Å²) < 4.78 is 37.6. The van der Waals surface area contributed by atoms with Crippen LogP contribution in [0.3, 0.4) is 0 Å². The molecule has 4 rings (SSSR count). The van der Waals surface area contributed by atoms with E-state index in [1.807, 2.05) is 4.90 Å². The van der Waals surface area contributed by atoms with E-state index in [4.69, 9.17) is 5.11 Å². The number of aliphatic hydroxyl groups is 2. The van der Waals surface area contributed by atoms with Crippen LogP contribution in [0.5, 0.6) is 0 Å². The summed E-state index contributed by atoms with van der Waals surface area (Å²) >= 11 is 0. The lowest BCUT2D eigenvalue weighted by molar-refractivity contribution is -0.133. The normalized spacial score (nSPS) is 17.8. The van der Waals surface area contributed by atoms with Gasteiger partial charge in [-0.2, -0.15) is 13.2 Å². The van der Waals surface area contributed by atoms with Crippen LogP contribution in [0, 0.1) is 0 Å². The SMILES string of the molecule is O=C(CCC(F)(F)F)c1ccc2c(n1)N(C(=O)Nc1cnc(CC[C@@H](O)CO)cn1)[C@H]1CCN2C1. The topological polar surface area (TPSA) is 132 Å². The van der Waals surface area contributed by atoms with Gasteiger partial charge >= 0.3 is 12.2 Å². The highest BCUT2D eigenvalue weighted by Crippen LogP contribution is 2.39. The molecule has 0 aliphatic carbocycles. The highest BCUT2D eigenvalue weighted by atomic mass is 19.4. The number of nitrogens with one attached hydrogen (secondary N) is 1. The van der Waals surface area contributed by atoms with E-state index < -0.39 is 36.9 Å². The number of carbonyl (C=O) groups is 2. The molecule has 2 aliphatic heterocycles. The summed E-state index contributed by atoms with van der Waals surface area (Å²) in [5.41, 5.74) is 1.08. The van der Waals surface area contributed by atoms with Crippen molar-refractivity contribution in [2.45, 2.75) is 50.4 Å². The monoisotopic (exact) mass is 494 g/mol. The zero-order chi connectivity index (χ0) is 25.2. The zero-order valence-corrected chi connectivity index (χ0v) is 18.7. The van der Waals surface area contributed by atoms with Gasteiger partial charge in [-0.25, -0.2) is 14.8 Å². The molecule has 0 unspecified atom stereocenters. The summed E-state index contributed by atoms with van der Waals surface area (Å²) in [4.78, 5) is 41.6. The number of halogens is 3. The number of carbonyl (C=O) groups excluding carboxylic acids is 2. The highest BCUT2D eigenvalue weighted by molar-refractivity contribution is 6.05. The number of anilines is 3. The van der Waals surface area contributed by atoms with Crippen molar-refractivity contribution in [2.75, 3.05) is 34.8 Å². The van der Waals surface area contributed by atoms with E-state index in [0.29, 0.717) is 43.7 Å². The van der Waals surface area contributed by atoms with Gasteiger partial charge in [-0.1, -0.05) is 0 Å². The van der Waals surface area contributed by atoms with E-state index >= 15 is 0 Å². The van der Waals surface area contributed by atoms with E-state index in [1.165, 1.54) is 23.4 Å². The first kappa shape index (κ1) is 24.8. The molecule has 2 aromatic heterocycles. The summed E-state index contributed by atoms with van der Waals surface area (Å²) in [6, 6.07) is 2.25. The Hall–Kier alpha value is -3.32. The molecule has 2 aromatic rings. The van der Waals surface area contributed by atoms with Crippen LogP contribution in [0.4, 0.5) is 35.3 Å². The molecule has 2 bridgehead atoms. The van der Waals surface area contributed by atoms with Crippen molar-refractivity contribution < 1.29 is 33.0 Å². The summed E-state index contributed by atoms with van der Waals surface area (Å²) in [6.07, 6.45) is -3.05. The lowest BCUT2D eigenvalue weighted by atomic mass is 10.1. The number of urea groups is 1. The molecule has 35 heavy (non-hydrogen) atoms. The molecule has 188 valence electrons. The van der Waals surface area contributed by atoms with Crippen molar-refractivity contribution in [1.82, 2.24) is 15.0 Å². The van der Waals surface area contributed by atoms with Crippen LogP contribution in [0.25, 0.3) is 0 Å². The van der Waals surface area contributed by atoms with Gasteiger partial charge in [-0.15, -0.1) is 0 Å². The number of ketones is 1. The minimum atomic E-state index is -4.45. The number of pyridine rings is 1. The number of hydrogen-bond acceptors (Lipinski definition) is 8. The van der Waals surface area contributed by atoms with E-state index in [9.17, 15) is 27.9 Å². The highest BCUT2D eigenvalue weighted by Gasteiger charge is 2.40. The second kappa shape index (κ2) is 10.1. The standard InChI is InChI=1S/C22H25F3N6O4/c23-22(24,25)7-5-18(34)16-3-4-17-20(28-16)31(14-6-8-30(17)11-14)21(35)29-19-10-26-13(9-27-19)1-2-15(33)12-32/h3-4,9-10,14-15,32-33H,1-2,5-8,11-12H2,(H,27,29,35)/t14-,15+/m0/s1. The number of alkyl halides is 3. The van der Waals surface area contributed by atoms with Crippen molar-refractivity contribution in [3.63, 3.8) is 0 Å². The Labute approximate surface area is 198 Å². The van der Waals surface area contributed by atoms with Gasteiger partial charge in [-0.05, 0) is 31.4 Å². The largest absolute Gasteiger partial charge is 0.394 e. The second-order valence-electron chi connectivity index (χ2n) is 8.53. The molecule has 3 N–H and O–H groups in total. The molecule has 1 fully saturated rings. The van der Waals surface area contributed by atoms with Crippen LogP contribution in [0.2, 0.25) is 0 Å². The van der Waals surface area contributed by atoms with E-state index in [-0.39, 0.29) is 30.0 Å². The Bertz CT molecular complexity index is 1080. The quantitative estimate of drug-likeness (QED) is 0.477. The van der Waals surface area contributed by atoms with Crippen molar-refractivity contribution >= 4 is 29.1 Å². The Morgan fingerprint density at radius 3 is 2.71 bits per heavy atom. The van der Waals surface area contributed by atoms with E-state index in [0.717, 1.165) is 0 Å². The summed E-state index contributed by atoms with van der Waals surface area (Å²) in [6.45, 7) is 0.904. The predicted molar refractivity (Wildman–Crippen MR) is 119 cm³/mol. The fraction of sp³-hybridized carbons (Fsp3) is 0.500. The number of hydrogen-bond donors (Lipinski definition) is 3. The lowest BCUT2D eigenvalue weighted by Crippen LogP contribution is -2.48. The van der Waals surface area contributed by atoms with Gasteiger partial charge in [-0.3, -0.25) is 20.0 Å². The first-order valence-electron chi connectivity index (χ1n) is 11.2. The van der Waals surface area contributed by atoms with Crippen LogP contribution < -0.4 is 15.1 Å². The molecule has 10 nitrogen and oxygen atoms in total. The van der Waals surface area contributed by atoms with Gasteiger partial charge in [0.25, 0.3) is 0 Å². The maximum absolute atomic E-state index is 13.2. The number of fused-ring (bicyclic) bond motifs is 4. The van der Waals surface area contributed by atoms with Crippen molar-refractivity contribution in [3.8, 4) is 0 Å². The minimum absolute atomic E-state index is 0.123. The molecule has 0 saturated carbocycles. The maximum atomic E-state index is 13.2. The fourth-order valence-corrected chi connectivity index (χ4v) is 4.13. The third-order valence-electron chi connectivity index (χ3n) is 5.98. The molecule has 0 spiro atoms. The van der Waals surface area contributed by atoms with E-state index in [2.05, 4.69) is 20.3 Å². The van der Waals surface area contributed by atoms with Crippen LogP contribution >= 0.6 is 0 Å². The average Bonchev–Trinajstić information content (AvgIpc) is 3.25. The molecule has 2 aliphatic rings. The van der Waals surface area contributed by atoms with Gasteiger partial charge in [0.2, 0.25) is 0 Å². The maximum Gasteiger partial charge on any atom is 0.389 e. The van der Waals surface area contributed by atoms with Crippen LogP contribution in [-0.2, 0) is 6.42 Å². The Morgan fingerprint density at radius 1 is 1.23 bits per heavy atom. The summed E-state index contributed by atoms with van der Waals surface area (Å²) in [5, 5.41) is 21.0. The van der Waals surface area contributed by atoms with Crippen molar-refractivity contribution in [2.24, 2.45) is 0 Å². The molecule has 0 radical (unpaired) electrons. The summed E-state index contributed by atoms with van der Waals surface area (Å²) in [7, 11) is 0. The van der Waals surface area contributed by atoms with Crippen LogP contribution in [-0.4, -0.2) is 75.0 Å². The minimum Gasteiger partial charge on any atom is -0.394 e. The van der Waals surface area contributed by atoms with Gasteiger partial charge in [0.1, 0.15) is 5.69 Å². The number of amides is 2.